The Balaban J connectivity index is 1.86. The van der Waals surface area contributed by atoms with Crippen LogP contribution in [-0.4, -0.2) is 67.5 Å². The molecule has 43 heavy (non-hydrogen) atoms. The average molecular weight is 597 g/mol. The molecule has 1 fully saturated rings. The molecule has 4 heterocycles. The molecular formula is C30H28F4N6O3. The number of pyridine rings is 2. The van der Waals surface area contributed by atoms with Crippen LogP contribution in [0, 0.1) is 18.6 Å². The molecule has 13 heteroatoms. The molecule has 0 spiro atoms. The number of anilines is 1. The number of amides is 1. The van der Waals surface area contributed by atoms with Crippen molar-refractivity contribution >= 4 is 22.8 Å². The van der Waals surface area contributed by atoms with E-state index in [1.807, 2.05) is 13.8 Å². The summed E-state index contributed by atoms with van der Waals surface area (Å²) in [6.45, 7) is 8.30. The lowest BCUT2D eigenvalue weighted by Crippen LogP contribution is -2.58. The molecule has 1 aliphatic rings. The van der Waals surface area contributed by atoms with Crippen LogP contribution in [0.15, 0.2) is 54.0 Å². The predicted octanol–water partition coefficient (Wildman–Crippen LogP) is 4.73. The first-order valence-electron chi connectivity index (χ1n) is 13.5. The number of aryl methyl sites for hydroxylation is 1. The molecule has 3 aromatic heterocycles. The summed E-state index contributed by atoms with van der Waals surface area (Å²) in [6, 6.07) is 4.42. The van der Waals surface area contributed by atoms with Crippen molar-refractivity contribution in [2.45, 2.75) is 39.2 Å². The number of rotatable bonds is 6. The van der Waals surface area contributed by atoms with Crippen molar-refractivity contribution in [2.75, 3.05) is 24.5 Å². The summed E-state index contributed by atoms with van der Waals surface area (Å²) in [6.07, 6.45) is -0.384. The molecule has 9 nitrogen and oxygen atoms in total. The van der Waals surface area contributed by atoms with Crippen molar-refractivity contribution in [1.82, 2.24) is 24.4 Å². The fraction of sp³-hybridized carbons (Fsp3) is 0.300. The van der Waals surface area contributed by atoms with Crippen LogP contribution >= 0.6 is 0 Å². The number of hydrogen-bond acceptors (Lipinski definition) is 7. The van der Waals surface area contributed by atoms with Gasteiger partial charge in [0.05, 0.1) is 22.3 Å². The molecule has 0 radical (unpaired) electrons. The molecule has 1 N–H and O–H groups in total. The van der Waals surface area contributed by atoms with Gasteiger partial charge in [0, 0.05) is 25.8 Å². The van der Waals surface area contributed by atoms with Gasteiger partial charge in [0.25, 0.3) is 6.43 Å². The second-order valence-corrected chi connectivity index (χ2v) is 10.5. The maximum absolute atomic E-state index is 15.8. The van der Waals surface area contributed by atoms with Crippen LogP contribution in [-0.2, 0) is 4.79 Å². The van der Waals surface area contributed by atoms with Crippen LogP contribution in [0.4, 0.5) is 23.4 Å². The molecule has 4 aromatic rings. The second kappa shape index (κ2) is 11.5. The lowest BCUT2D eigenvalue weighted by Gasteiger charge is -2.41. The molecule has 1 amide bonds. The Morgan fingerprint density at radius 2 is 1.88 bits per heavy atom. The lowest BCUT2D eigenvalue weighted by molar-refractivity contribution is -0.127. The molecule has 5 rings (SSSR count). The highest BCUT2D eigenvalue weighted by molar-refractivity contribution is 5.91. The summed E-state index contributed by atoms with van der Waals surface area (Å²) in [5.74, 6) is -3.62. The molecule has 1 aliphatic heterocycles. The normalized spacial score (nSPS) is 15.5. The summed E-state index contributed by atoms with van der Waals surface area (Å²) in [5, 5.41) is 10.3. The van der Waals surface area contributed by atoms with Crippen molar-refractivity contribution in [1.29, 1.82) is 0 Å². The fourth-order valence-corrected chi connectivity index (χ4v) is 5.35. The van der Waals surface area contributed by atoms with Gasteiger partial charge in [-0.2, -0.15) is 4.98 Å². The smallest absolute Gasteiger partial charge is 0.355 e. The van der Waals surface area contributed by atoms with E-state index in [9.17, 15) is 27.9 Å². The number of carbonyl (C=O) groups is 1. The first kappa shape index (κ1) is 29.7. The number of fused-ring (bicyclic) bond motifs is 1. The number of phenols is 1. The van der Waals surface area contributed by atoms with Gasteiger partial charge in [-0.05, 0) is 48.7 Å². The maximum atomic E-state index is 15.8. The first-order chi connectivity index (χ1) is 20.4. The predicted molar refractivity (Wildman–Crippen MR) is 153 cm³/mol. The monoisotopic (exact) mass is 596 g/mol. The van der Waals surface area contributed by atoms with E-state index in [1.165, 1.54) is 11.0 Å². The van der Waals surface area contributed by atoms with Crippen molar-refractivity contribution in [3.8, 4) is 22.7 Å². The Morgan fingerprint density at radius 3 is 2.53 bits per heavy atom. The summed E-state index contributed by atoms with van der Waals surface area (Å²) in [4.78, 5) is 41.4. The molecule has 1 aromatic carbocycles. The number of carbonyl (C=O) groups excluding carboxylic acids is 1. The van der Waals surface area contributed by atoms with Gasteiger partial charge >= 0.3 is 5.69 Å². The zero-order valence-corrected chi connectivity index (χ0v) is 23.6. The Morgan fingerprint density at radius 1 is 1.14 bits per heavy atom. The quantitative estimate of drug-likeness (QED) is 0.254. The van der Waals surface area contributed by atoms with Crippen molar-refractivity contribution < 1.29 is 27.5 Å². The minimum atomic E-state index is -2.97. The van der Waals surface area contributed by atoms with E-state index in [4.69, 9.17) is 0 Å². The van der Waals surface area contributed by atoms with Crippen molar-refractivity contribution in [3.05, 3.63) is 82.6 Å². The molecule has 0 aliphatic carbocycles. The van der Waals surface area contributed by atoms with Gasteiger partial charge in [0.15, 0.2) is 11.5 Å². The highest BCUT2D eigenvalue weighted by Crippen LogP contribution is 2.37. The van der Waals surface area contributed by atoms with Gasteiger partial charge in [-0.3, -0.25) is 9.78 Å². The van der Waals surface area contributed by atoms with Gasteiger partial charge < -0.3 is 14.9 Å². The minimum Gasteiger partial charge on any atom is -0.507 e. The zero-order chi connectivity index (χ0) is 31.2. The van der Waals surface area contributed by atoms with Gasteiger partial charge in [0.1, 0.15) is 29.1 Å². The van der Waals surface area contributed by atoms with E-state index in [0.29, 0.717) is 16.9 Å². The first-order valence-corrected chi connectivity index (χ1v) is 13.5. The number of piperazine rings is 1. The Kier molecular flexibility index (Phi) is 7.91. The highest BCUT2D eigenvalue weighted by atomic mass is 19.3. The van der Waals surface area contributed by atoms with Crippen molar-refractivity contribution in [2.24, 2.45) is 0 Å². The summed E-state index contributed by atoms with van der Waals surface area (Å²) in [7, 11) is 0. The van der Waals surface area contributed by atoms with E-state index in [-0.39, 0.29) is 35.9 Å². The van der Waals surface area contributed by atoms with Crippen molar-refractivity contribution in [3.63, 3.8) is 0 Å². The van der Waals surface area contributed by atoms with Crippen LogP contribution < -0.4 is 10.6 Å². The maximum Gasteiger partial charge on any atom is 0.355 e. The number of aromatic hydroxyl groups is 1. The van der Waals surface area contributed by atoms with Crippen LogP contribution in [0.3, 0.4) is 0 Å². The minimum absolute atomic E-state index is 0.0106. The largest absolute Gasteiger partial charge is 0.507 e. The molecule has 1 saturated heterocycles. The van der Waals surface area contributed by atoms with E-state index >= 15 is 4.39 Å². The number of alkyl halides is 2. The van der Waals surface area contributed by atoms with E-state index < -0.39 is 59.3 Å². The number of benzene rings is 1. The molecule has 0 bridgehead atoms. The molecule has 224 valence electrons. The van der Waals surface area contributed by atoms with E-state index in [0.717, 1.165) is 33.7 Å². The zero-order valence-electron chi connectivity index (χ0n) is 23.6. The number of hydrogen-bond donors (Lipinski definition) is 1. The summed E-state index contributed by atoms with van der Waals surface area (Å²) < 4.78 is 60.6. The topological polar surface area (TPSA) is 104 Å². The number of nitrogens with zero attached hydrogens (tertiary/aromatic N) is 6. The third-order valence-electron chi connectivity index (χ3n) is 7.42. The van der Waals surface area contributed by atoms with Gasteiger partial charge in [0.2, 0.25) is 5.91 Å². The summed E-state index contributed by atoms with van der Waals surface area (Å²) >= 11 is 0. The highest BCUT2D eigenvalue weighted by Gasteiger charge is 2.37. The molecule has 0 saturated carbocycles. The number of phenolic OH excluding ortho intramolecular Hbond substituents is 1. The van der Waals surface area contributed by atoms with Gasteiger partial charge in [-0.15, -0.1) is 0 Å². The van der Waals surface area contributed by atoms with Crippen LogP contribution in [0.1, 0.15) is 31.0 Å². The Bertz CT molecular complexity index is 1790. The summed E-state index contributed by atoms with van der Waals surface area (Å²) in [5.41, 5.74) is -0.852. The molecule has 1 atom stereocenters. The lowest BCUT2D eigenvalue weighted by atomic mass is 10.0. The van der Waals surface area contributed by atoms with Gasteiger partial charge in [-0.25, -0.2) is 31.9 Å². The third-order valence-corrected chi connectivity index (χ3v) is 7.42. The van der Waals surface area contributed by atoms with Crippen LogP contribution in [0.25, 0.3) is 28.0 Å². The average Bonchev–Trinajstić information content (AvgIpc) is 2.96. The standard InChI is InChI=1S/C30H28F4N6O3/c1-5-22(42)38-11-12-39(20(14-38)27(33)34)28-17-13-19(32)25(23-18(31)7-6-8-21(23)41)36-29(17)40(30(43)37-28)26-16(4)9-10-35-24(26)15(2)3/h5-10,13,15,20,27,41H,1,11-12,14H2,2-4H3/t20-/m1/s1. The Labute approximate surface area is 243 Å². The second-order valence-electron chi connectivity index (χ2n) is 10.5. The molecule has 0 unspecified atom stereocenters. The third kappa shape index (κ3) is 5.19. The Hall–Kier alpha value is -4.81. The van der Waals surface area contributed by atoms with E-state index in [1.54, 1.807) is 19.2 Å². The fourth-order valence-electron chi connectivity index (χ4n) is 5.35. The SMILES string of the molecule is C=CC(=O)N1CCN(c2nc(=O)n(-c3c(C)ccnc3C(C)C)c3nc(-c4c(O)cccc4F)c(F)cc23)[C@@H](C(F)F)C1. The van der Waals surface area contributed by atoms with Crippen LogP contribution in [0.2, 0.25) is 0 Å². The van der Waals surface area contributed by atoms with E-state index in [2.05, 4.69) is 21.5 Å². The molecular weight excluding hydrogens is 568 g/mol. The number of aromatic nitrogens is 4. The van der Waals surface area contributed by atoms with Gasteiger partial charge in [-0.1, -0.05) is 26.5 Å². The number of halogens is 4. The van der Waals surface area contributed by atoms with Crippen LogP contribution in [0.5, 0.6) is 5.75 Å².